The standard InChI is InChI=1S/C8H14BrN3O/c1-7(10-2-3-13)5-12-6-8(9)4-11-12/h4,6-7,10,13H,2-3,5H2,1H3. The molecule has 2 N–H and O–H groups in total. The summed E-state index contributed by atoms with van der Waals surface area (Å²) in [6, 6.07) is 0.318. The van der Waals surface area contributed by atoms with Crippen molar-refractivity contribution >= 4 is 15.9 Å². The minimum atomic E-state index is 0.174. The summed E-state index contributed by atoms with van der Waals surface area (Å²) in [6.45, 7) is 3.67. The van der Waals surface area contributed by atoms with Crippen molar-refractivity contribution in [1.82, 2.24) is 15.1 Å². The second kappa shape index (κ2) is 5.36. The van der Waals surface area contributed by atoms with Gasteiger partial charge in [0, 0.05) is 18.8 Å². The maximum atomic E-state index is 8.59. The van der Waals surface area contributed by atoms with Gasteiger partial charge in [-0.15, -0.1) is 0 Å². The van der Waals surface area contributed by atoms with Gasteiger partial charge in [0.15, 0.2) is 0 Å². The highest BCUT2D eigenvalue weighted by Crippen LogP contribution is 2.06. The van der Waals surface area contributed by atoms with Crippen LogP contribution in [0.4, 0.5) is 0 Å². The van der Waals surface area contributed by atoms with Crippen LogP contribution in [-0.4, -0.2) is 34.1 Å². The molecule has 0 aliphatic rings. The van der Waals surface area contributed by atoms with Crippen LogP contribution in [0.1, 0.15) is 6.92 Å². The van der Waals surface area contributed by atoms with Crippen molar-refractivity contribution in [3.05, 3.63) is 16.9 Å². The van der Waals surface area contributed by atoms with E-state index in [1.165, 1.54) is 0 Å². The van der Waals surface area contributed by atoms with Gasteiger partial charge in [-0.2, -0.15) is 5.10 Å². The fraction of sp³-hybridized carbons (Fsp3) is 0.625. The van der Waals surface area contributed by atoms with E-state index in [0.29, 0.717) is 12.6 Å². The predicted octanol–water partition coefficient (Wildman–Crippen LogP) is 0.616. The molecular weight excluding hydrogens is 234 g/mol. The van der Waals surface area contributed by atoms with Gasteiger partial charge < -0.3 is 10.4 Å². The second-order valence-electron chi connectivity index (χ2n) is 2.96. The summed E-state index contributed by atoms with van der Waals surface area (Å²) in [7, 11) is 0. The zero-order valence-corrected chi connectivity index (χ0v) is 9.16. The lowest BCUT2D eigenvalue weighted by molar-refractivity contribution is 0.281. The van der Waals surface area contributed by atoms with Crippen molar-refractivity contribution in [3.8, 4) is 0 Å². The molecule has 1 unspecified atom stereocenters. The number of rotatable bonds is 5. The van der Waals surface area contributed by atoms with Gasteiger partial charge in [-0.1, -0.05) is 0 Å². The molecule has 0 spiro atoms. The maximum absolute atomic E-state index is 8.59. The lowest BCUT2D eigenvalue weighted by Gasteiger charge is -2.12. The van der Waals surface area contributed by atoms with E-state index in [4.69, 9.17) is 5.11 Å². The summed E-state index contributed by atoms with van der Waals surface area (Å²) in [5.74, 6) is 0. The van der Waals surface area contributed by atoms with Crippen LogP contribution in [0.3, 0.4) is 0 Å². The number of nitrogens with one attached hydrogen (secondary N) is 1. The van der Waals surface area contributed by atoms with E-state index in [0.717, 1.165) is 11.0 Å². The Kier molecular flexibility index (Phi) is 4.41. The number of aliphatic hydroxyl groups is 1. The predicted molar refractivity (Wildman–Crippen MR) is 54.5 cm³/mol. The van der Waals surface area contributed by atoms with Crippen molar-refractivity contribution in [2.75, 3.05) is 13.2 Å². The molecule has 0 saturated heterocycles. The smallest absolute Gasteiger partial charge is 0.0632 e. The molecule has 4 nitrogen and oxygen atoms in total. The van der Waals surface area contributed by atoms with E-state index in [9.17, 15) is 0 Å². The highest BCUT2D eigenvalue weighted by atomic mass is 79.9. The molecule has 0 aliphatic carbocycles. The van der Waals surface area contributed by atoms with Crippen LogP contribution >= 0.6 is 15.9 Å². The average Bonchev–Trinajstić information content (AvgIpc) is 2.48. The molecule has 0 saturated carbocycles. The number of aliphatic hydroxyl groups excluding tert-OH is 1. The first-order valence-electron chi connectivity index (χ1n) is 4.24. The number of hydrogen-bond donors (Lipinski definition) is 2. The van der Waals surface area contributed by atoms with Gasteiger partial charge in [0.2, 0.25) is 0 Å². The zero-order valence-electron chi connectivity index (χ0n) is 7.57. The zero-order chi connectivity index (χ0) is 9.68. The Hall–Kier alpha value is -0.390. The number of aromatic nitrogens is 2. The third kappa shape index (κ3) is 3.89. The van der Waals surface area contributed by atoms with Gasteiger partial charge in [0.05, 0.1) is 23.8 Å². The van der Waals surface area contributed by atoms with Crippen LogP contribution in [0.15, 0.2) is 16.9 Å². The van der Waals surface area contributed by atoms with E-state index in [1.807, 2.05) is 10.9 Å². The summed E-state index contributed by atoms with van der Waals surface area (Å²) in [4.78, 5) is 0. The lowest BCUT2D eigenvalue weighted by Crippen LogP contribution is -2.32. The first kappa shape index (κ1) is 10.7. The third-order valence-electron chi connectivity index (χ3n) is 1.67. The molecule has 5 heteroatoms. The van der Waals surface area contributed by atoms with E-state index in [-0.39, 0.29) is 6.61 Å². The molecular formula is C8H14BrN3O. The van der Waals surface area contributed by atoms with Crippen molar-refractivity contribution in [2.24, 2.45) is 0 Å². The molecule has 1 aromatic heterocycles. The molecule has 0 amide bonds. The first-order chi connectivity index (χ1) is 6.22. The molecule has 13 heavy (non-hydrogen) atoms. The Balaban J connectivity index is 2.31. The molecule has 0 radical (unpaired) electrons. The highest BCUT2D eigenvalue weighted by Gasteiger charge is 2.02. The molecule has 1 atom stereocenters. The van der Waals surface area contributed by atoms with Crippen LogP contribution < -0.4 is 5.32 Å². The third-order valence-corrected chi connectivity index (χ3v) is 2.08. The molecule has 0 bridgehead atoms. The fourth-order valence-electron chi connectivity index (χ4n) is 1.09. The van der Waals surface area contributed by atoms with Gasteiger partial charge in [0.1, 0.15) is 0 Å². The average molecular weight is 248 g/mol. The number of hydrogen-bond acceptors (Lipinski definition) is 3. The van der Waals surface area contributed by atoms with Crippen molar-refractivity contribution in [3.63, 3.8) is 0 Å². The molecule has 0 aromatic carbocycles. The first-order valence-corrected chi connectivity index (χ1v) is 5.04. The van der Waals surface area contributed by atoms with Gasteiger partial charge in [-0.05, 0) is 22.9 Å². The van der Waals surface area contributed by atoms with Gasteiger partial charge in [-0.3, -0.25) is 4.68 Å². The van der Waals surface area contributed by atoms with E-state index >= 15 is 0 Å². The molecule has 1 rings (SSSR count). The molecule has 1 aromatic rings. The van der Waals surface area contributed by atoms with E-state index < -0.39 is 0 Å². The number of halogens is 1. The van der Waals surface area contributed by atoms with Crippen molar-refractivity contribution < 1.29 is 5.11 Å². The molecule has 0 fully saturated rings. The summed E-state index contributed by atoms with van der Waals surface area (Å²) < 4.78 is 2.85. The van der Waals surface area contributed by atoms with E-state index in [1.54, 1.807) is 6.20 Å². The SMILES string of the molecule is CC(Cn1cc(Br)cn1)NCCO. The normalized spacial score (nSPS) is 13.2. The summed E-state index contributed by atoms with van der Waals surface area (Å²) in [5.41, 5.74) is 0. The van der Waals surface area contributed by atoms with Crippen molar-refractivity contribution in [2.45, 2.75) is 19.5 Å². The Morgan fingerprint density at radius 2 is 2.54 bits per heavy atom. The largest absolute Gasteiger partial charge is 0.395 e. The Labute approximate surface area is 86.1 Å². The van der Waals surface area contributed by atoms with Gasteiger partial charge >= 0.3 is 0 Å². The topological polar surface area (TPSA) is 50.1 Å². The quantitative estimate of drug-likeness (QED) is 0.803. The Morgan fingerprint density at radius 3 is 3.08 bits per heavy atom. The van der Waals surface area contributed by atoms with Crippen LogP contribution in [-0.2, 0) is 6.54 Å². The van der Waals surface area contributed by atoms with Crippen LogP contribution in [0, 0.1) is 0 Å². The lowest BCUT2D eigenvalue weighted by atomic mass is 10.3. The monoisotopic (exact) mass is 247 g/mol. The second-order valence-corrected chi connectivity index (χ2v) is 3.88. The Morgan fingerprint density at radius 1 is 1.77 bits per heavy atom. The molecule has 1 heterocycles. The minimum Gasteiger partial charge on any atom is -0.395 e. The summed E-state index contributed by atoms with van der Waals surface area (Å²) >= 11 is 3.33. The van der Waals surface area contributed by atoms with Crippen LogP contribution in [0.25, 0.3) is 0 Å². The van der Waals surface area contributed by atoms with Gasteiger partial charge in [0.25, 0.3) is 0 Å². The van der Waals surface area contributed by atoms with E-state index in [2.05, 4.69) is 33.3 Å². The summed E-state index contributed by atoms with van der Waals surface area (Å²) in [6.07, 6.45) is 3.69. The molecule has 0 aliphatic heterocycles. The van der Waals surface area contributed by atoms with Crippen LogP contribution in [0.5, 0.6) is 0 Å². The van der Waals surface area contributed by atoms with Crippen molar-refractivity contribution in [1.29, 1.82) is 0 Å². The number of nitrogens with zero attached hydrogens (tertiary/aromatic N) is 2. The summed E-state index contributed by atoms with van der Waals surface area (Å²) in [5, 5.41) is 15.9. The Bertz CT molecular complexity index is 251. The highest BCUT2D eigenvalue weighted by molar-refractivity contribution is 9.10. The molecule has 74 valence electrons. The maximum Gasteiger partial charge on any atom is 0.0632 e. The van der Waals surface area contributed by atoms with Gasteiger partial charge in [-0.25, -0.2) is 0 Å². The van der Waals surface area contributed by atoms with Crippen LogP contribution in [0.2, 0.25) is 0 Å². The minimum absolute atomic E-state index is 0.174. The fourth-order valence-corrected chi connectivity index (χ4v) is 1.42.